The van der Waals surface area contributed by atoms with E-state index in [0.29, 0.717) is 17.8 Å². The molecular formula is C16H26Cl2O2S2. The van der Waals surface area contributed by atoms with Crippen LogP contribution in [0.25, 0.3) is 0 Å². The van der Waals surface area contributed by atoms with Gasteiger partial charge in [0.15, 0.2) is 0 Å². The van der Waals surface area contributed by atoms with E-state index in [1.54, 1.807) is 0 Å². The van der Waals surface area contributed by atoms with Crippen LogP contribution in [0.3, 0.4) is 0 Å². The molecule has 3 fully saturated rings. The summed E-state index contributed by atoms with van der Waals surface area (Å²) in [6, 6.07) is 0. The molecule has 0 spiro atoms. The van der Waals surface area contributed by atoms with E-state index in [9.17, 15) is 10.2 Å². The minimum Gasteiger partial charge on any atom is -0.393 e. The predicted octanol–water partition coefficient (Wildman–Crippen LogP) is 5.20. The lowest BCUT2D eigenvalue weighted by atomic mass is 9.60. The summed E-state index contributed by atoms with van der Waals surface area (Å²) in [4.78, 5) is 0. The van der Waals surface area contributed by atoms with E-state index >= 15 is 0 Å². The number of hydrogen-bond donors (Lipinski definition) is 2. The van der Waals surface area contributed by atoms with Gasteiger partial charge in [-0.05, 0) is 118 Å². The Morgan fingerprint density at radius 3 is 2.05 bits per heavy atom. The van der Waals surface area contributed by atoms with Crippen molar-refractivity contribution in [2.75, 3.05) is 0 Å². The summed E-state index contributed by atoms with van der Waals surface area (Å²) in [5, 5.41) is 20.1. The fourth-order valence-corrected chi connectivity index (χ4v) is 9.05. The van der Waals surface area contributed by atoms with Crippen LogP contribution in [0.1, 0.15) is 58.3 Å². The summed E-state index contributed by atoms with van der Waals surface area (Å²) in [5.41, 5.74) is 0.177. The lowest BCUT2D eigenvalue weighted by molar-refractivity contribution is -0.0109. The highest BCUT2D eigenvalue weighted by Crippen LogP contribution is 2.70. The number of halogens is 2. The molecule has 3 aliphatic carbocycles. The molecule has 0 aromatic rings. The first-order chi connectivity index (χ1) is 10.4. The molecule has 3 rings (SSSR count). The highest BCUT2D eigenvalue weighted by atomic mass is 35.7. The molecule has 2 nitrogen and oxygen atoms in total. The number of rotatable bonds is 3. The van der Waals surface area contributed by atoms with Gasteiger partial charge in [-0.15, -0.1) is 0 Å². The monoisotopic (exact) mass is 384 g/mol. The molecule has 6 heteroatoms. The molecule has 3 aliphatic rings. The highest BCUT2D eigenvalue weighted by Gasteiger charge is 2.62. The molecule has 22 heavy (non-hydrogen) atoms. The number of aliphatic hydroxyl groups excluding tert-OH is 2. The molecule has 0 bridgehead atoms. The van der Waals surface area contributed by atoms with Gasteiger partial charge in [0.05, 0.1) is 16.3 Å². The summed E-state index contributed by atoms with van der Waals surface area (Å²) >= 11 is 0. The van der Waals surface area contributed by atoms with Gasteiger partial charge in [-0.3, -0.25) is 0 Å². The Kier molecular flexibility index (Phi) is 5.60. The molecule has 3 saturated carbocycles. The molecule has 4 unspecified atom stereocenters. The maximum absolute atomic E-state index is 10.2. The minimum absolute atomic E-state index is 0.122. The smallest absolute Gasteiger partial charge is 0.0949 e. The van der Waals surface area contributed by atoms with Crippen LogP contribution in [0.4, 0.5) is 0 Å². The third-order valence-corrected chi connectivity index (χ3v) is 10.9. The summed E-state index contributed by atoms with van der Waals surface area (Å²) in [5.74, 6) is 1.59. The van der Waals surface area contributed by atoms with Crippen molar-refractivity contribution in [2.45, 2.75) is 74.6 Å². The van der Waals surface area contributed by atoms with Crippen molar-refractivity contribution in [3.8, 4) is 0 Å². The maximum Gasteiger partial charge on any atom is 0.0949 e. The zero-order valence-corrected chi connectivity index (χ0v) is 16.2. The third-order valence-electron chi connectivity index (χ3n) is 6.75. The molecule has 4 atom stereocenters. The van der Waals surface area contributed by atoms with Gasteiger partial charge < -0.3 is 10.2 Å². The van der Waals surface area contributed by atoms with Gasteiger partial charge in [-0.2, -0.15) is 0 Å². The largest absolute Gasteiger partial charge is 0.393 e. The minimum atomic E-state index is -0.175. The summed E-state index contributed by atoms with van der Waals surface area (Å²) in [7, 11) is 15.5. The molecule has 0 saturated heterocycles. The first kappa shape index (κ1) is 18.0. The van der Waals surface area contributed by atoms with Crippen molar-refractivity contribution in [3.63, 3.8) is 0 Å². The second kappa shape index (κ2) is 6.84. The maximum atomic E-state index is 10.2. The van der Waals surface area contributed by atoms with Crippen molar-refractivity contribution >= 4 is 43.3 Å². The van der Waals surface area contributed by atoms with Gasteiger partial charge in [-0.1, -0.05) is 6.92 Å². The molecule has 2 N–H and O–H groups in total. The normalized spacial score (nSPS) is 48.1. The van der Waals surface area contributed by atoms with Gasteiger partial charge in [-0.25, -0.2) is 0 Å². The quantitative estimate of drug-likeness (QED) is 0.656. The summed E-state index contributed by atoms with van der Waals surface area (Å²) in [6.07, 6.45) is 7.51. The van der Waals surface area contributed by atoms with Gasteiger partial charge in [0, 0.05) is 0 Å². The van der Waals surface area contributed by atoms with Gasteiger partial charge >= 0.3 is 0 Å². The third kappa shape index (κ3) is 2.94. The Morgan fingerprint density at radius 2 is 1.45 bits per heavy atom. The fraction of sp³-hybridized carbons (Fsp3) is 1.00. The van der Waals surface area contributed by atoms with Crippen LogP contribution in [0.2, 0.25) is 0 Å². The van der Waals surface area contributed by atoms with Crippen molar-refractivity contribution in [3.05, 3.63) is 0 Å². The lowest BCUT2D eigenvalue weighted by Crippen LogP contribution is -2.40. The second-order valence-electron chi connectivity index (χ2n) is 7.83. The van der Waals surface area contributed by atoms with Crippen LogP contribution in [0, 0.1) is 23.2 Å². The molecule has 0 aromatic heterocycles. The molecule has 128 valence electrons. The van der Waals surface area contributed by atoms with Crippen molar-refractivity contribution in [2.24, 2.45) is 23.2 Å². The van der Waals surface area contributed by atoms with Gasteiger partial charge in [0.1, 0.15) is 0 Å². The molecular weight excluding hydrogens is 359 g/mol. The van der Waals surface area contributed by atoms with E-state index < -0.39 is 0 Å². The van der Waals surface area contributed by atoms with Crippen molar-refractivity contribution in [1.29, 1.82) is 0 Å². The Bertz CT molecular complexity index is 400. The van der Waals surface area contributed by atoms with Gasteiger partial charge in [0.2, 0.25) is 0 Å². The molecule has 0 aliphatic heterocycles. The Morgan fingerprint density at radius 1 is 0.864 bits per heavy atom. The van der Waals surface area contributed by atoms with E-state index in [1.165, 1.54) is 22.0 Å². The lowest BCUT2D eigenvalue weighted by Gasteiger charge is -2.45. The van der Waals surface area contributed by atoms with Crippen LogP contribution in [0.15, 0.2) is 0 Å². The van der Waals surface area contributed by atoms with E-state index in [2.05, 4.69) is 6.92 Å². The van der Waals surface area contributed by atoms with Crippen LogP contribution in [-0.4, -0.2) is 26.5 Å². The van der Waals surface area contributed by atoms with Crippen molar-refractivity contribution < 1.29 is 10.2 Å². The van der Waals surface area contributed by atoms with E-state index in [1.807, 2.05) is 0 Å². The standard InChI is InChI=1S/C16H26Cl2O2S2/c1-15(10-2-4-11(19)5-3-10)9-16(21-17,22-18)13-7-6-12(20)8-14(13)15/h10-14,19-20H,2-9H2,1H3. The summed E-state index contributed by atoms with van der Waals surface area (Å²) in [6.45, 7) is 2.40. The van der Waals surface area contributed by atoms with Crippen LogP contribution in [0.5, 0.6) is 0 Å². The Labute approximate surface area is 151 Å². The first-order valence-electron chi connectivity index (χ1n) is 8.41. The van der Waals surface area contributed by atoms with Crippen LogP contribution < -0.4 is 0 Å². The van der Waals surface area contributed by atoms with Gasteiger partial charge in [0.25, 0.3) is 0 Å². The van der Waals surface area contributed by atoms with Crippen LogP contribution in [-0.2, 0) is 0 Å². The topological polar surface area (TPSA) is 40.5 Å². The zero-order valence-electron chi connectivity index (χ0n) is 13.0. The SMILES string of the molecule is CC1(C2CCC(O)CC2)CC(SCl)(SCl)C2CCC(O)CC21. The number of aliphatic hydroxyl groups is 2. The first-order valence-corrected chi connectivity index (χ1v) is 11.7. The predicted molar refractivity (Wildman–Crippen MR) is 97.1 cm³/mol. The molecule has 0 heterocycles. The van der Waals surface area contributed by atoms with E-state index in [4.69, 9.17) is 21.4 Å². The van der Waals surface area contributed by atoms with E-state index in [0.717, 1.165) is 51.4 Å². The van der Waals surface area contributed by atoms with Crippen molar-refractivity contribution in [1.82, 2.24) is 0 Å². The highest BCUT2D eigenvalue weighted by molar-refractivity contribution is 8.37. The Hall–Kier alpha value is 1.20. The molecule has 0 amide bonds. The van der Waals surface area contributed by atoms with Crippen LogP contribution >= 0.6 is 43.3 Å². The fourth-order valence-electron chi connectivity index (χ4n) is 5.56. The molecule has 0 radical (unpaired) electrons. The zero-order chi connectivity index (χ0) is 16.0. The Balaban J connectivity index is 1.89. The average molecular weight is 385 g/mol. The average Bonchev–Trinajstić information content (AvgIpc) is 2.78. The number of fused-ring (bicyclic) bond motifs is 1. The summed E-state index contributed by atoms with van der Waals surface area (Å²) < 4.78 is -0.126. The second-order valence-corrected chi connectivity index (χ2v) is 10.8. The molecule has 0 aromatic carbocycles. The van der Waals surface area contributed by atoms with E-state index in [-0.39, 0.29) is 21.7 Å². The number of hydrogen-bond acceptors (Lipinski definition) is 4.